The minimum absolute atomic E-state index is 0.0762. The number of carboxylic acid groups (broad SMARTS) is 1. The molecule has 144 valence electrons. The highest BCUT2D eigenvalue weighted by atomic mass is 19.1. The van der Waals surface area contributed by atoms with E-state index in [1.807, 2.05) is 0 Å². The van der Waals surface area contributed by atoms with E-state index in [1.165, 1.54) is 12.1 Å². The number of hydrogen-bond donors (Lipinski definition) is 4. The Bertz CT molecular complexity index is 649. The number of hydrogen-bond acceptors (Lipinski definition) is 5. The topological polar surface area (TPSA) is 110 Å². The molecule has 1 aliphatic rings. The van der Waals surface area contributed by atoms with Crippen LogP contribution >= 0.6 is 0 Å². The third kappa shape index (κ3) is 3.58. The Hall–Kier alpha value is -2.03. The van der Waals surface area contributed by atoms with Gasteiger partial charge in [-0.2, -0.15) is 0 Å². The van der Waals surface area contributed by atoms with Crippen molar-refractivity contribution in [2.75, 3.05) is 20.3 Å². The number of likely N-dealkylation sites (N-methyl/N-ethyl adjacent to an activating group) is 1. The fourth-order valence-corrected chi connectivity index (χ4v) is 3.75. The van der Waals surface area contributed by atoms with Crippen LogP contribution in [-0.2, 0) is 9.59 Å². The number of carbonyl (C=O) groups excluding carboxylic acids is 1. The van der Waals surface area contributed by atoms with Crippen LogP contribution in [0.5, 0.6) is 0 Å². The van der Waals surface area contributed by atoms with Gasteiger partial charge in [-0.05, 0) is 37.6 Å². The van der Waals surface area contributed by atoms with E-state index < -0.39 is 54.4 Å². The molecule has 1 aliphatic heterocycles. The molecule has 0 unspecified atom stereocenters. The van der Waals surface area contributed by atoms with Gasteiger partial charge in [-0.3, -0.25) is 14.5 Å². The quantitative estimate of drug-likeness (QED) is 0.559. The van der Waals surface area contributed by atoms with E-state index in [4.69, 9.17) is 0 Å². The maximum Gasteiger partial charge on any atom is 0.324 e. The molecule has 0 bridgehead atoms. The maximum absolute atomic E-state index is 13.3. The number of rotatable bonds is 7. The van der Waals surface area contributed by atoms with E-state index in [0.29, 0.717) is 12.0 Å². The second-order valence-corrected chi connectivity index (χ2v) is 6.68. The Balaban J connectivity index is 2.42. The van der Waals surface area contributed by atoms with Crippen molar-refractivity contribution in [2.45, 2.75) is 37.4 Å². The molecule has 3 atom stereocenters. The molecule has 4 N–H and O–H groups in total. The van der Waals surface area contributed by atoms with Crippen molar-refractivity contribution >= 4 is 11.9 Å². The zero-order valence-electron chi connectivity index (χ0n) is 14.9. The van der Waals surface area contributed by atoms with Crippen molar-refractivity contribution < 1.29 is 29.3 Å². The number of aliphatic hydroxyl groups excluding tert-OH is 2. The molecule has 26 heavy (non-hydrogen) atoms. The summed E-state index contributed by atoms with van der Waals surface area (Å²) in [6, 6.07) is 4.25. The number of likely N-dealkylation sites (tertiary alicyclic amines) is 1. The summed E-state index contributed by atoms with van der Waals surface area (Å²) in [4.78, 5) is 26.4. The number of aliphatic carboxylic acids is 1. The highest BCUT2D eigenvalue weighted by Gasteiger charge is 2.56. The lowest BCUT2D eigenvalue weighted by Gasteiger charge is -2.34. The van der Waals surface area contributed by atoms with Crippen LogP contribution in [0.25, 0.3) is 0 Å². The van der Waals surface area contributed by atoms with Gasteiger partial charge in [0.2, 0.25) is 5.91 Å². The van der Waals surface area contributed by atoms with Gasteiger partial charge in [0, 0.05) is 6.04 Å². The number of nitrogens with one attached hydrogen (secondary N) is 1. The van der Waals surface area contributed by atoms with Gasteiger partial charge in [-0.25, -0.2) is 4.39 Å². The summed E-state index contributed by atoms with van der Waals surface area (Å²) in [6.07, 6.45) is 0.372. The van der Waals surface area contributed by atoms with Crippen LogP contribution < -0.4 is 5.32 Å². The maximum atomic E-state index is 13.3. The van der Waals surface area contributed by atoms with Crippen LogP contribution in [-0.4, -0.2) is 63.9 Å². The summed E-state index contributed by atoms with van der Waals surface area (Å²) < 4.78 is 13.3. The lowest BCUT2D eigenvalue weighted by atomic mass is 9.87. The summed E-state index contributed by atoms with van der Waals surface area (Å²) >= 11 is 0. The van der Waals surface area contributed by atoms with Crippen molar-refractivity contribution in [1.82, 2.24) is 10.2 Å². The smallest absolute Gasteiger partial charge is 0.324 e. The lowest BCUT2D eigenvalue weighted by Crippen LogP contribution is -2.48. The molecule has 1 heterocycles. The fourth-order valence-electron chi connectivity index (χ4n) is 3.75. The van der Waals surface area contributed by atoms with Gasteiger partial charge >= 0.3 is 5.97 Å². The number of aliphatic hydroxyl groups is 2. The summed E-state index contributed by atoms with van der Waals surface area (Å²) in [5.74, 6) is -2.61. The number of benzene rings is 1. The Kier molecular flexibility index (Phi) is 6.33. The third-order valence-electron chi connectivity index (χ3n) is 5.35. The third-order valence-corrected chi connectivity index (χ3v) is 5.35. The number of carboxylic acids is 1. The van der Waals surface area contributed by atoms with Gasteiger partial charge < -0.3 is 20.6 Å². The average Bonchev–Trinajstić information content (AvgIpc) is 2.94. The van der Waals surface area contributed by atoms with Crippen molar-refractivity contribution in [3.05, 3.63) is 35.6 Å². The van der Waals surface area contributed by atoms with Crippen molar-refractivity contribution in [1.29, 1.82) is 0 Å². The molecule has 1 saturated heterocycles. The minimum atomic E-state index is -1.23. The largest absolute Gasteiger partial charge is 0.480 e. The van der Waals surface area contributed by atoms with E-state index >= 15 is 0 Å². The van der Waals surface area contributed by atoms with E-state index in [-0.39, 0.29) is 6.42 Å². The summed E-state index contributed by atoms with van der Waals surface area (Å²) in [7, 11) is 1.65. The predicted octanol–water partition coefficient (Wildman–Crippen LogP) is 0.521. The lowest BCUT2D eigenvalue weighted by molar-refractivity contribution is -0.150. The van der Waals surface area contributed by atoms with E-state index in [0.717, 1.165) is 0 Å². The highest BCUT2D eigenvalue weighted by molar-refractivity contribution is 5.85. The molecule has 7 nitrogen and oxygen atoms in total. The second-order valence-electron chi connectivity index (χ2n) is 6.68. The Morgan fingerprint density at radius 3 is 2.35 bits per heavy atom. The minimum Gasteiger partial charge on any atom is -0.480 e. The Labute approximate surface area is 151 Å². The Morgan fingerprint density at radius 2 is 1.88 bits per heavy atom. The Morgan fingerprint density at radius 1 is 1.31 bits per heavy atom. The molecule has 0 saturated carbocycles. The standard InChI is InChI=1S/C18H25FN2O5/c1-3-18(17(25)26)8-14(16(24)20-13(9-22)10-23)15(21(18)2)11-4-6-12(19)7-5-11/h4-7,13-15,22-23H,3,8-10H2,1-2H3,(H,20,24)(H,25,26)/t14-,15-,18-/m1/s1. The van der Waals surface area contributed by atoms with Gasteiger partial charge in [-0.15, -0.1) is 0 Å². The first-order valence-corrected chi connectivity index (χ1v) is 8.54. The van der Waals surface area contributed by atoms with E-state index in [9.17, 15) is 29.3 Å². The SMILES string of the molecule is CC[C@]1(C(=O)O)C[C@@H](C(=O)NC(CO)CO)[C@@H](c2ccc(F)cc2)N1C. The molecule has 1 amide bonds. The zero-order valence-corrected chi connectivity index (χ0v) is 14.9. The van der Waals surface area contributed by atoms with Gasteiger partial charge in [-0.1, -0.05) is 19.1 Å². The monoisotopic (exact) mass is 368 g/mol. The summed E-state index contributed by atoms with van der Waals surface area (Å²) in [6.45, 7) is 0.893. The average molecular weight is 368 g/mol. The fraction of sp³-hybridized carbons (Fsp3) is 0.556. The normalized spacial score (nSPS) is 26.2. The van der Waals surface area contributed by atoms with Crippen molar-refractivity contribution in [3.63, 3.8) is 0 Å². The first-order valence-electron chi connectivity index (χ1n) is 8.54. The van der Waals surface area contributed by atoms with E-state index in [1.54, 1.807) is 31.0 Å². The van der Waals surface area contributed by atoms with Gasteiger partial charge in [0.1, 0.15) is 11.4 Å². The van der Waals surface area contributed by atoms with Crippen LogP contribution in [0, 0.1) is 11.7 Å². The van der Waals surface area contributed by atoms with Crippen LogP contribution in [0.15, 0.2) is 24.3 Å². The molecule has 1 fully saturated rings. The van der Waals surface area contributed by atoms with Crippen LogP contribution in [0.3, 0.4) is 0 Å². The first kappa shape index (κ1) is 20.3. The molecule has 0 aliphatic carbocycles. The highest BCUT2D eigenvalue weighted by Crippen LogP contribution is 2.47. The summed E-state index contributed by atoms with van der Waals surface area (Å²) in [5.41, 5.74) is -0.593. The predicted molar refractivity (Wildman–Crippen MR) is 91.8 cm³/mol. The molecule has 0 aromatic heterocycles. The van der Waals surface area contributed by atoms with Crippen molar-refractivity contribution in [2.24, 2.45) is 5.92 Å². The summed E-state index contributed by atoms with van der Waals surface area (Å²) in [5, 5.41) is 30.8. The van der Waals surface area contributed by atoms with Gasteiger partial charge in [0.15, 0.2) is 0 Å². The molecule has 0 spiro atoms. The van der Waals surface area contributed by atoms with Crippen molar-refractivity contribution in [3.8, 4) is 0 Å². The number of carbonyl (C=O) groups is 2. The molecule has 0 radical (unpaired) electrons. The molecular formula is C18H25FN2O5. The molecule has 8 heteroatoms. The second kappa shape index (κ2) is 8.11. The van der Waals surface area contributed by atoms with Crippen LogP contribution in [0.2, 0.25) is 0 Å². The van der Waals surface area contributed by atoms with E-state index in [2.05, 4.69) is 5.32 Å². The van der Waals surface area contributed by atoms with Crippen LogP contribution in [0.1, 0.15) is 31.4 Å². The molecule has 2 rings (SSSR count). The molecule has 1 aromatic rings. The molecule has 1 aromatic carbocycles. The molecular weight excluding hydrogens is 343 g/mol. The van der Waals surface area contributed by atoms with Gasteiger partial charge in [0.05, 0.1) is 25.2 Å². The number of nitrogens with zero attached hydrogens (tertiary/aromatic N) is 1. The first-order chi connectivity index (χ1) is 12.3. The number of amides is 1. The van der Waals surface area contributed by atoms with Gasteiger partial charge in [0.25, 0.3) is 0 Å². The van der Waals surface area contributed by atoms with Crippen LogP contribution in [0.4, 0.5) is 4.39 Å². The zero-order chi connectivity index (χ0) is 19.5. The number of halogens is 1.